The minimum atomic E-state index is -0.315. The van der Waals surface area contributed by atoms with Crippen molar-refractivity contribution in [3.8, 4) is 0 Å². The van der Waals surface area contributed by atoms with Crippen molar-refractivity contribution in [1.82, 2.24) is 0 Å². The minimum Gasteiger partial charge on any atom is -0.393 e. The van der Waals surface area contributed by atoms with E-state index in [0.29, 0.717) is 5.57 Å². The fourth-order valence-corrected chi connectivity index (χ4v) is 1.12. The smallest absolute Gasteiger partial charge is 0.145 e. The molecule has 0 amide bonds. The molecule has 2 atom stereocenters. The maximum absolute atomic E-state index is 10.3. The summed E-state index contributed by atoms with van der Waals surface area (Å²) in [6.07, 6.45) is 4.08. The summed E-state index contributed by atoms with van der Waals surface area (Å²) < 4.78 is 0. The summed E-state index contributed by atoms with van der Waals surface area (Å²) >= 11 is 0. The summed E-state index contributed by atoms with van der Waals surface area (Å²) in [6.45, 7) is 5.71. The van der Waals surface area contributed by atoms with Crippen molar-refractivity contribution < 1.29 is 9.90 Å². The van der Waals surface area contributed by atoms with Gasteiger partial charge in [0.2, 0.25) is 0 Å². The van der Waals surface area contributed by atoms with E-state index >= 15 is 0 Å². The number of aldehydes is 1. The van der Waals surface area contributed by atoms with Crippen molar-refractivity contribution in [2.45, 2.75) is 39.7 Å². The van der Waals surface area contributed by atoms with Gasteiger partial charge < -0.3 is 5.11 Å². The van der Waals surface area contributed by atoms with E-state index < -0.39 is 0 Å². The molecular weight excluding hydrogens is 152 g/mol. The van der Waals surface area contributed by atoms with E-state index in [4.69, 9.17) is 0 Å². The van der Waals surface area contributed by atoms with Crippen LogP contribution in [0.1, 0.15) is 33.6 Å². The zero-order valence-electron chi connectivity index (χ0n) is 8.08. The lowest BCUT2D eigenvalue weighted by Gasteiger charge is -2.14. The zero-order chi connectivity index (χ0) is 9.56. The molecule has 0 bridgehead atoms. The highest BCUT2D eigenvalue weighted by Crippen LogP contribution is 2.11. The van der Waals surface area contributed by atoms with E-state index in [1.807, 2.05) is 19.9 Å². The van der Waals surface area contributed by atoms with Gasteiger partial charge in [-0.3, -0.25) is 4.79 Å². The van der Waals surface area contributed by atoms with E-state index in [9.17, 15) is 9.90 Å². The number of aliphatic hydroxyl groups excluding tert-OH is 1. The lowest BCUT2D eigenvalue weighted by Crippen LogP contribution is -2.15. The van der Waals surface area contributed by atoms with Crippen molar-refractivity contribution in [1.29, 1.82) is 0 Å². The van der Waals surface area contributed by atoms with E-state index in [2.05, 4.69) is 0 Å². The van der Waals surface area contributed by atoms with Gasteiger partial charge in [0.25, 0.3) is 0 Å². The first-order chi connectivity index (χ1) is 5.61. The van der Waals surface area contributed by atoms with Crippen LogP contribution in [-0.4, -0.2) is 17.5 Å². The van der Waals surface area contributed by atoms with Crippen molar-refractivity contribution in [3.63, 3.8) is 0 Å². The SMILES string of the molecule is CCCC(O)C(C)/C=C(\C)C=O. The summed E-state index contributed by atoms with van der Waals surface area (Å²) in [4.78, 5) is 10.3. The lowest BCUT2D eigenvalue weighted by atomic mass is 9.99. The predicted octanol–water partition coefficient (Wildman–Crippen LogP) is 1.93. The fourth-order valence-electron chi connectivity index (χ4n) is 1.12. The molecule has 12 heavy (non-hydrogen) atoms. The van der Waals surface area contributed by atoms with Crippen LogP contribution < -0.4 is 0 Å². The molecule has 2 unspecified atom stereocenters. The van der Waals surface area contributed by atoms with Crippen molar-refractivity contribution >= 4 is 6.29 Å². The van der Waals surface area contributed by atoms with E-state index in [1.165, 1.54) is 0 Å². The van der Waals surface area contributed by atoms with E-state index in [0.717, 1.165) is 19.1 Å². The average molecular weight is 170 g/mol. The van der Waals surface area contributed by atoms with Crippen LogP contribution in [0.3, 0.4) is 0 Å². The second kappa shape index (κ2) is 5.95. The number of carbonyl (C=O) groups is 1. The van der Waals surface area contributed by atoms with Crippen LogP contribution in [0.4, 0.5) is 0 Å². The molecule has 0 radical (unpaired) electrons. The van der Waals surface area contributed by atoms with Gasteiger partial charge in [-0.2, -0.15) is 0 Å². The lowest BCUT2D eigenvalue weighted by molar-refractivity contribution is -0.104. The average Bonchev–Trinajstić information content (AvgIpc) is 2.04. The molecule has 0 saturated heterocycles. The number of hydrogen-bond acceptors (Lipinski definition) is 2. The Bertz CT molecular complexity index is 161. The van der Waals surface area contributed by atoms with Crippen LogP contribution in [0.15, 0.2) is 11.6 Å². The molecule has 0 aliphatic carbocycles. The Labute approximate surface area is 74.3 Å². The third kappa shape index (κ3) is 4.29. The number of allylic oxidation sites excluding steroid dienone is 1. The third-order valence-electron chi connectivity index (χ3n) is 1.90. The highest BCUT2D eigenvalue weighted by Gasteiger charge is 2.10. The minimum absolute atomic E-state index is 0.0788. The van der Waals surface area contributed by atoms with Crippen molar-refractivity contribution in [2.75, 3.05) is 0 Å². The largest absolute Gasteiger partial charge is 0.393 e. The Morgan fingerprint density at radius 2 is 2.17 bits per heavy atom. The van der Waals surface area contributed by atoms with Gasteiger partial charge in [0.05, 0.1) is 6.10 Å². The first-order valence-electron chi connectivity index (χ1n) is 4.43. The van der Waals surface area contributed by atoms with Crippen LogP contribution in [0.25, 0.3) is 0 Å². The Hall–Kier alpha value is -0.630. The quantitative estimate of drug-likeness (QED) is 0.505. The van der Waals surface area contributed by atoms with Gasteiger partial charge in [-0.25, -0.2) is 0 Å². The topological polar surface area (TPSA) is 37.3 Å². The van der Waals surface area contributed by atoms with Crippen molar-refractivity contribution in [2.24, 2.45) is 5.92 Å². The molecule has 0 aromatic carbocycles. The predicted molar refractivity (Wildman–Crippen MR) is 49.9 cm³/mol. The maximum atomic E-state index is 10.3. The van der Waals surface area contributed by atoms with Crippen LogP contribution in [-0.2, 0) is 4.79 Å². The van der Waals surface area contributed by atoms with Gasteiger partial charge in [-0.15, -0.1) is 0 Å². The summed E-state index contributed by atoms with van der Waals surface area (Å²) in [5, 5.41) is 9.50. The first-order valence-corrected chi connectivity index (χ1v) is 4.43. The molecule has 2 nitrogen and oxygen atoms in total. The molecule has 0 fully saturated rings. The van der Waals surface area contributed by atoms with Gasteiger partial charge in [0.15, 0.2) is 0 Å². The van der Waals surface area contributed by atoms with Crippen LogP contribution in [0.2, 0.25) is 0 Å². The van der Waals surface area contributed by atoms with Gasteiger partial charge in [0, 0.05) is 5.92 Å². The molecule has 70 valence electrons. The Balaban J connectivity index is 4.01. The van der Waals surface area contributed by atoms with Crippen molar-refractivity contribution in [3.05, 3.63) is 11.6 Å². The highest BCUT2D eigenvalue weighted by atomic mass is 16.3. The molecule has 1 N–H and O–H groups in total. The van der Waals surface area contributed by atoms with Crippen LogP contribution >= 0.6 is 0 Å². The number of aliphatic hydroxyl groups is 1. The summed E-state index contributed by atoms with van der Waals surface area (Å²) in [5.74, 6) is 0.0788. The number of hydrogen-bond donors (Lipinski definition) is 1. The summed E-state index contributed by atoms with van der Waals surface area (Å²) in [7, 11) is 0. The van der Waals surface area contributed by atoms with E-state index in [-0.39, 0.29) is 12.0 Å². The number of rotatable bonds is 5. The van der Waals surface area contributed by atoms with Gasteiger partial charge >= 0.3 is 0 Å². The van der Waals surface area contributed by atoms with Gasteiger partial charge in [-0.1, -0.05) is 26.3 Å². The molecule has 0 aromatic rings. The second-order valence-corrected chi connectivity index (χ2v) is 3.24. The molecule has 0 aromatic heterocycles. The van der Waals surface area contributed by atoms with Crippen LogP contribution in [0, 0.1) is 5.92 Å². The molecule has 0 spiro atoms. The Morgan fingerprint density at radius 1 is 1.58 bits per heavy atom. The molecule has 0 saturated carbocycles. The highest BCUT2D eigenvalue weighted by molar-refractivity contribution is 5.72. The molecule has 0 rings (SSSR count). The zero-order valence-corrected chi connectivity index (χ0v) is 8.08. The second-order valence-electron chi connectivity index (χ2n) is 3.24. The molecular formula is C10H18O2. The first kappa shape index (κ1) is 11.4. The van der Waals surface area contributed by atoms with E-state index in [1.54, 1.807) is 6.92 Å². The standard InChI is InChI=1S/C10H18O2/c1-4-5-10(12)9(3)6-8(2)7-11/h6-7,9-10,12H,4-5H2,1-3H3/b8-6+. The van der Waals surface area contributed by atoms with Crippen LogP contribution in [0.5, 0.6) is 0 Å². The molecule has 0 aliphatic heterocycles. The maximum Gasteiger partial charge on any atom is 0.145 e. The monoisotopic (exact) mass is 170 g/mol. The third-order valence-corrected chi connectivity index (χ3v) is 1.90. The Morgan fingerprint density at radius 3 is 2.58 bits per heavy atom. The molecule has 0 heterocycles. The van der Waals surface area contributed by atoms with Gasteiger partial charge in [0.1, 0.15) is 6.29 Å². The molecule has 2 heteroatoms. The Kier molecular flexibility index (Phi) is 5.64. The number of carbonyl (C=O) groups excluding carboxylic acids is 1. The summed E-state index contributed by atoms with van der Waals surface area (Å²) in [5.41, 5.74) is 0.692. The fraction of sp³-hybridized carbons (Fsp3) is 0.700. The van der Waals surface area contributed by atoms with Gasteiger partial charge in [-0.05, 0) is 18.9 Å². The summed E-state index contributed by atoms with van der Waals surface area (Å²) in [6, 6.07) is 0. The normalized spacial score (nSPS) is 17.2. The molecule has 0 aliphatic rings.